The average molecular weight is 375 g/mol. The summed E-state index contributed by atoms with van der Waals surface area (Å²) < 4.78 is 11.0. The molecule has 146 valence electrons. The van der Waals surface area contributed by atoms with Gasteiger partial charge in [0, 0.05) is 30.3 Å². The Bertz CT molecular complexity index is 756. The number of anilines is 1. The summed E-state index contributed by atoms with van der Waals surface area (Å²) in [5.41, 5.74) is 0.310. The minimum atomic E-state index is -0.492. The predicted molar refractivity (Wildman–Crippen MR) is 98.8 cm³/mol. The molecular weight excluding hydrogens is 350 g/mol. The highest BCUT2D eigenvalue weighted by Crippen LogP contribution is 2.35. The first-order chi connectivity index (χ1) is 12.7. The number of amides is 3. The van der Waals surface area contributed by atoms with E-state index in [-0.39, 0.29) is 42.8 Å². The van der Waals surface area contributed by atoms with Gasteiger partial charge in [-0.3, -0.25) is 14.4 Å². The summed E-state index contributed by atoms with van der Waals surface area (Å²) in [7, 11) is 0. The van der Waals surface area contributed by atoms with Crippen LogP contribution in [0.5, 0.6) is 11.5 Å². The Hall–Kier alpha value is -2.77. The summed E-state index contributed by atoms with van der Waals surface area (Å²) in [5, 5.41) is 5.40. The van der Waals surface area contributed by atoms with Crippen molar-refractivity contribution in [2.24, 2.45) is 5.92 Å². The second kappa shape index (κ2) is 7.46. The molecule has 2 aliphatic heterocycles. The van der Waals surface area contributed by atoms with E-state index >= 15 is 0 Å². The molecule has 8 nitrogen and oxygen atoms in total. The quantitative estimate of drug-likeness (QED) is 0.813. The molecule has 0 radical (unpaired) electrons. The molecule has 1 fully saturated rings. The van der Waals surface area contributed by atoms with Crippen molar-refractivity contribution < 1.29 is 23.9 Å². The van der Waals surface area contributed by atoms with Crippen molar-refractivity contribution in [3.8, 4) is 11.5 Å². The van der Waals surface area contributed by atoms with Gasteiger partial charge in [0.15, 0.2) is 11.5 Å². The number of ether oxygens (including phenoxy) is 2. The largest absolute Gasteiger partial charge is 0.486 e. The van der Waals surface area contributed by atoms with Crippen molar-refractivity contribution in [2.45, 2.75) is 32.7 Å². The Morgan fingerprint density at radius 3 is 2.59 bits per heavy atom. The van der Waals surface area contributed by atoms with Gasteiger partial charge in [0.2, 0.25) is 17.7 Å². The van der Waals surface area contributed by atoms with Gasteiger partial charge < -0.3 is 25.0 Å². The standard InChI is InChI=1S/C19H25N3O5/c1-19(2,3)21-16(23)10-20-18(25)12-8-17(24)22(11-12)13-4-5-14-15(9-13)27-7-6-26-14/h4-5,9,12H,6-8,10-11H2,1-3H3,(H,20,25)(H,21,23). The van der Waals surface area contributed by atoms with Crippen molar-refractivity contribution in [1.29, 1.82) is 0 Å². The van der Waals surface area contributed by atoms with Gasteiger partial charge in [-0.1, -0.05) is 0 Å². The van der Waals surface area contributed by atoms with Gasteiger partial charge >= 0.3 is 0 Å². The number of fused-ring (bicyclic) bond motifs is 1. The number of hydrogen-bond donors (Lipinski definition) is 2. The number of carbonyl (C=O) groups is 3. The fraction of sp³-hybridized carbons (Fsp3) is 0.526. The van der Waals surface area contributed by atoms with Gasteiger partial charge in [0.25, 0.3) is 0 Å². The van der Waals surface area contributed by atoms with E-state index in [4.69, 9.17) is 9.47 Å². The smallest absolute Gasteiger partial charge is 0.239 e. The Morgan fingerprint density at radius 1 is 1.19 bits per heavy atom. The normalized spacial score (nSPS) is 19.0. The average Bonchev–Trinajstić information content (AvgIpc) is 2.99. The maximum absolute atomic E-state index is 12.4. The van der Waals surface area contributed by atoms with Crippen molar-refractivity contribution in [2.75, 3.05) is 31.2 Å². The Kier molecular flexibility index (Phi) is 5.25. The van der Waals surface area contributed by atoms with E-state index < -0.39 is 5.92 Å². The van der Waals surface area contributed by atoms with Crippen molar-refractivity contribution in [3.05, 3.63) is 18.2 Å². The molecule has 3 amide bonds. The third kappa shape index (κ3) is 4.69. The number of rotatable bonds is 4. The molecule has 1 unspecified atom stereocenters. The molecule has 3 rings (SSSR count). The second-order valence-electron chi connectivity index (χ2n) is 7.75. The number of nitrogens with one attached hydrogen (secondary N) is 2. The summed E-state index contributed by atoms with van der Waals surface area (Å²) in [4.78, 5) is 38.1. The zero-order valence-electron chi connectivity index (χ0n) is 15.8. The summed E-state index contributed by atoms with van der Waals surface area (Å²) >= 11 is 0. The van der Waals surface area contributed by atoms with Crippen LogP contribution >= 0.6 is 0 Å². The highest BCUT2D eigenvalue weighted by molar-refractivity contribution is 6.01. The highest BCUT2D eigenvalue weighted by atomic mass is 16.6. The van der Waals surface area contributed by atoms with Crippen molar-refractivity contribution in [1.82, 2.24) is 10.6 Å². The fourth-order valence-corrected chi connectivity index (χ4v) is 3.11. The molecule has 1 saturated heterocycles. The summed E-state index contributed by atoms with van der Waals surface area (Å²) in [5.74, 6) is 0.0597. The van der Waals surface area contributed by atoms with Crippen LogP contribution in [0, 0.1) is 5.92 Å². The maximum atomic E-state index is 12.4. The van der Waals surface area contributed by atoms with Gasteiger partial charge in [-0.15, -0.1) is 0 Å². The molecule has 0 aromatic heterocycles. The maximum Gasteiger partial charge on any atom is 0.239 e. The van der Waals surface area contributed by atoms with Crippen LogP contribution in [0.4, 0.5) is 5.69 Å². The van der Waals surface area contributed by atoms with Crippen LogP contribution in [0.15, 0.2) is 18.2 Å². The third-order valence-corrected chi connectivity index (χ3v) is 4.27. The molecule has 0 bridgehead atoms. The van der Waals surface area contributed by atoms with Crippen LogP contribution in [0.25, 0.3) is 0 Å². The molecule has 0 spiro atoms. The van der Waals surface area contributed by atoms with E-state index in [9.17, 15) is 14.4 Å². The van der Waals surface area contributed by atoms with Gasteiger partial charge in [0.05, 0.1) is 12.5 Å². The van der Waals surface area contributed by atoms with Crippen LogP contribution in [0.3, 0.4) is 0 Å². The summed E-state index contributed by atoms with van der Waals surface area (Å²) in [6.45, 7) is 6.73. The molecule has 8 heteroatoms. The van der Waals surface area contributed by atoms with Crippen molar-refractivity contribution >= 4 is 23.4 Å². The molecule has 0 saturated carbocycles. The fourth-order valence-electron chi connectivity index (χ4n) is 3.11. The molecule has 0 aliphatic carbocycles. The number of nitrogens with zero attached hydrogens (tertiary/aromatic N) is 1. The lowest BCUT2D eigenvalue weighted by molar-refractivity contribution is -0.129. The number of benzene rings is 1. The Morgan fingerprint density at radius 2 is 1.89 bits per heavy atom. The molecule has 1 atom stereocenters. The van der Waals surface area contributed by atoms with Crippen LogP contribution in [0.2, 0.25) is 0 Å². The van der Waals surface area contributed by atoms with Gasteiger partial charge in [-0.2, -0.15) is 0 Å². The molecular formula is C19H25N3O5. The molecule has 1 aromatic carbocycles. The van der Waals surface area contributed by atoms with E-state index in [0.717, 1.165) is 0 Å². The SMILES string of the molecule is CC(C)(C)NC(=O)CNC(=O)C1CC(=O)N(c2ccc3c(c2)OCCO3)C1. The Balaban J connectivity index is 1.58. The zero-order chi connectivity index (χ0) is 19.6. The molecule has 27 heavy (non-hydrogen) atoms. The number of carbonyl (C=O) groups excluding carboxylic acids is 3. The van der Waals surface area contributed by atoms with Crippen LogP contribution in [-0.2, 0) is 14.4 Å². The minimum absolute atomic E-state index is 0.106. The topological polar surface area (TPSA) is 97.0 Å². The molecule has 2 heterocycles. The first-order valence-corrected chi connectivity index (χ1v) is 9.02. The van der Waals surface area contributed by atoms with E-state index in [1.165, 1.54) is 0 Å². The van der Waals surface area contributed by atoms with Crippen molar-refractivity contribution in [3.63, 3.8) is 0 Å². The van der Waals surface area contributed by atoms with E-state index in [1.54, 1.807) is 23.1 Å². The third-order valence-electron chi connectivity index (χ3n) is 4.27. The van der Waals surface area contributed by atoms with Crippen LogP contribution in [-0.4, -0.2) is 49.6 Å². The monoisotopic (exact) mass is 375 g/mol. The van der Waals surface area contributed by atoms with Crippen LogP contribution in [0.1, 0.15) is 27.2 Å². The minimum Gasteiger partial charge on any atom is -0.486 e. The van der Waals surface area contributed by atoms with Crippen LogP contribution < -0.4 is 25.0 Å². The molecule has 2 aliphatic rings. The summed E-state index contributed by atoms with van der Waals surface area (Å²) in [6.07, 6.45) is 0.112. The molecule has 1 aromatic rings. The van der Waals surface area contributed by atoms with Gasteiger partial charge in [-0.25, -0.2) is 0 Å². The lowest BCUT2D eigenvalue weighted by Gasteiger charge is -2.22. The van der Waals surface area contributed by atoms with E-state index in [1.807, 2.05) is 20.8 Å². The lowest BCUT2D eigenvalue weighted by Crippen LogP contribution is -2.46. The van der Waals surface area contributed by atoms with E-state index in [2.05, 4.69) is 10.6 Å². The zero-order valence-corrected chi connectivity index (χ0v) is 15.8. The van der Waals surface area contributed by atoms with Gasteiger partial charge in [-0.05, 0) is 32.9 Å². The van der Waals surface area contributed by atoms with E-state index in [0.29, 0.717) is 30.4 Å². The first kappa shape index (κ1) is 19.0. The van der Waals surface area contributed by atoms with Gasteiger partial charge in [0.1, 0.15) is 13.2 Å². The lowest BCUT2D eigenvalue weighted by atomic mass is 10.1. The molecule has 2 N–H and O–H groups in total. The highest BCUT2D eigenvalue weighted by Gasteiger charge is 2.35. The predicted octanol–water partition coefficient (Wildman–Crippen LogP) is 0.842. The second-order valence-corrected chi connectivity index (χ2v) is 7.75. The summed E-state index contributed by atoms with van der Waals surface area (Å²) in [6, 6.07) is 5.30. The number of hydrogen-bond acceptors (Lipinski definition) is 5. The first-order valence-electron chi connectivity index (χ1n) is 9.02. The Labute approximate surface area is 158 Å².